The molecule has 0 aliphatic carbocycles. The van der Waals surface area contributed by atoms with E-state index in [1.54, 1.807) is 26.0 Å². The molecule has 0 fully saturated rings. The lowest BCUT2D eigenvalue weighted by molar-refractivity contribution is -0.286. The normalized spacial score (nSPS) is 13.8. The molecule has 0 saturated carbocycles. The van der Waals surface area contributed by atoms with Crippen molar-refractivity contribution in [3.8, 4) is 17.3 Å². The highest BCUT2D eigenvalue weighted by molar-refractivity contribution is 9.10. The summed E-state index contributed by atoms with van der Waals surface area (Å²) in [6.45, 7) is 4.93. The second-order valence-corrected chi connectivity index (χ2v) is 8.81. The van der Waals surface area contributed by atoms with E-state index < -0.39 is 23.9 Å². The van der Waals surface area contributed by atoms with E-state index >= 15 is 0 Å². The number of carbonyl (C=O) groups is 2. The molecule has 1 aromatic carbocycles. The van der Waals surface area contributed by atoms with Crippen LogP contribution in [0.5, 0.6) is 11.5 Å². The first-order valence-corrected chi connectivity index (χ1v) is 11.1. The number of halogens is 4. The number of nitrogens with one attached hydrogen (secondary N) is 2. The Morgan fingerprint density at radius 2 is 1.97 bits per heavy atom. The lowest BCUT2D eigenvalue weighted by atomic mass is 10.0. The molecule has 1 aliphatic rings. The van der Waals surface area contributed by atoms with Gasteiger partial charge in [0.1, 0.15) is 15.9 Å². The molecule has 0 bridgehead atoms. The van der Waals surface area contributed by atoms with Gasteiger partial charge in [-0.05, 0) is 60.5 Å². The summed E-state index contributed by atoms with van der Waals surface area (Å²) in [5.74, 6) is -2.03. The molecule has 2 N–H and O–H groups in total. The second-order valence-electron chi connectivity index (χ2n) is 7.59. The maximum Gasteiger partial charge on any atom is 0.586 e. The molecule has 0 atom stereocenters. The first kappa shape index (κ1) is 23.9. The summed E-state index contributed by atoms with van der Waals surface area (Å²) in [5.41, 5.74) is -0.0113. The van der Waals surface area contributed by atoms with Crippen LogP contribution in [0.3, 0.4) is 0 Å². The third-order valence-electron chi connectivity index (χ3n) is 4.63. The Hall–Kier alpha value is -3.25. The van der Waals surface area contributed by atoms with E-state index in [0.717, 1.165) is 0 Å². The van der Waals surface area contributed by atoms with Gasteiger partial charge in [0.25, 0.3) is 11.8 Å². The SMILES string of the molecule is Cc1cc2c(c(C(=O)NC(C)C)c1NC(=O)c1cc(Br)nn1-c1ncccc1Cl)OC(F)(F)O2. The number of carbonyl (C=O) groups excluding carboxylic acids is 2. The zero-order valence-corrected chi connectivity index (χ0v) is 20.3. The van der Waals surface area contributed by atoms with Crippen molar-refractivity contribution in [1.82, 2.24) is 20.1 Å². The lowest BCUT2D eigenvalue weighted by Crippen LogP contribution is -2.32. The van der Waals surface area contributed by atoms with E-state index in [1.165, 1.54) is 29.9 Å². The van der Waals surface area contributed by atoms with Crippen molar-refractivity contribution in [3.63, 3.8) is 0 Å². The fourth-order valence-electron chi connectivity index (χ4n) is 3.31. The van der Waals surface area contributed by atoms with E-state index in [-0.39, 0.29) is 39.6 Å². The molecule has 0 spiro atoms. The van der Waals surface area contributed by atoms with Crippen LogP contribution < -0.4 is 20.1 Å². The molecule has 34 heavy (non-hydrogen) atoms. The minimum Gasteiger partial charge on any atom is -0.395 e. The molecule has 2 aromatic heterocycles. The predicted molar refractivity (Wildman–Crippen MR) is 122 cm³/mol. The summed E-state index contributed by atoms with van der Waals surface area (Å²) < 4.78 is 38.3. The Bertz CT molecular complexity index is 1310. The molecule has 9 nitrogen and oxygen atoms in total. The van der Waals surface area contributed by atoms with Gasteiger partial charge in [0.15, 0.2) is 17.3 Å². The highest BCUT2D eigenvalue weighted by Crippen LogP contribution is 2.47. The van der Waals surface area contributed by atoms with Gasteiger partial charge in [0.05, 0.1) is 10.7 Å². The number of anilines is 1. The molecule has 3 aromatic rings. The predicted octanol–water partition coefficient (Wildman–Crippen LogP) is 4.70. The Morgan fingerprint density at radius 3 is 2.65 bits per heavy atom. The van der Waals surface area contributed by atoms with Gasteiger partial charge in [-0.25, -0.2) is 9.67 Å². The Kier molecular flexibility index (Phi) is 6.21. The summed E-state index contributed by atoms with van der Waals surface area (Å²) >= 11 is 9.44. The lowest BCUT2D eigenvalue weighted by Gasteiger charge is -2.17. The van der Waals surface area contributed by atoms with Crippen LogP contribution in [0.1, 0.15) is 40.3 Å². The average molecular weight is 557 g/mol. The summed E-state index contributed by atoms with van der Waals surface area (Å²) in [4.78, 5) is 30.4. The van der Waals surface area contributed by atoms with E-state index in [4.69, 9.17) is 11.6 Å². The molecule has 2 amide bonds. The van der Waals surface area contributed by atoms with Crippen molar-refractivity contribution in [2.24, 2.45) is 0 Å². The van der Waals surface area contributed by atoms with Crippen LogP contribution in [0.15, 0.2) is 35.1 Å². The first-order valence-electron chi connectivity index (χ1n) is 9.89. The van der Waals surface area contributed by atoms with Crippen LogP contribution >= 0.6 is 27.5 Å². The van der Waals surface area contributed by atoms with Gasteiger partial charge in [-0.3, -0.25) is 9.59 Å². The Labute approximate surface area is 205 Å². The Balaban J connectivity index is 1.80. The number of nitrogens with zero attached hydrogens (tertiary/aromatic N) is 3. The number of alkyl halides is 2. The molecule has 4 rings (SSSR count). The number of aryl methyl sites for hydroxylation is 1. The van der Waals surface area contributed by atoms with E-state index in [2.05, 4.69) is 46.1 Å². The number of amides is 2. The summed E-state index contributed by atoms with van der Waals surface area (Å²) in [6, 6.07) is 5.55. The average Bonchev–Trinajstić information content (AvgIpc) is 3.26. The van der Waals surface area contributed by atoms with E-state index in [1.807, 2.05) is 0 Å². The molecule has 0 unspecified atom stereocenters. The molecular weight excluding hydrogens is 540 g/mol. The van der Waals surface area contributed by atoms with Crippen LogP contribution in [0.4, 0.5) is 14.5 Å². The molecule has 0 radical (unpaired) electrons. The summed E-state index contributed by atoms with van der Waals surface area (Å²) in [5, 5.41) is 9.68. The quantitative estimate of drug-likeness (QED) is 0.472. The summed E-state index contributed by atoms with van der Waals surface area (Å²) in [6.07, 6.45) is -2.47. The maximum absolute atomic E-state index is 13.8. The zero-order chi connectivity index (χ0) is 24.8. The van der Waals surface area contributed by atoms with Crippen molar-refractivity contribution >= 4 is 45.0 Å². The van der Waals surface area contributed by atoms with Crippen LogP contribution in [0.25, 0.3) is 5.82 Å². The number of pyridine rings is 1. The largest absolute Gasteiger partial charge is 0.586 e. The molecule has 0 saturated heterocycles. The third kappa shape index (κ3) is 4.55. The number of ether oxygens (including phenoxy) is 2. The first-order chi connectivity index (χ1) is 16.0. The molecule has 13 heteroatoms. The van der Waals surface area contributed by atoms with Crippen LogP contribution in [0.2, 0.25) is 5.02 Å². The molecule has 3 heterocycles. The Morgan fingerprint density at radius 1 is 1.24 bits per heavy atom. The van der Waals surface area contributed by atoms with Gasteiger partial charge < -0.3 is 20.1 Å². The smallest absolute Gasteiger partial charge is 0.395 e. The van der Waals surface area contributed by atoms with Gasteiger partial charge in [0.2, 0.25) is 0 Å². The fraction of sp³-hybridized carbons (Fsp3) is 0.238. The monoisotopic (exact) mass is 555 g/mol. The zero-order valence-electron chi connectivity index (χ0n) is 18.0. The highest BCUT2D eigenvalue weighted by atomic mass is 79.9. The highest BCUT2D eigenvalue weighted by Gasteiger charge is 2.46. The van der Waals surface area contributed by atoms with Crippen molar-refractivity contribution in [2.75, 3.05) is 5.32 Å². The standard InChI is InChI=1S/C21H17BrClF2N5O4/c1-9(2)27-20(32)15-16(10(3)7-13-17(15)34-21(24,25)33-13)28-19(31)12-8-14(22)29-30(12)18-11(23)5-4-6-26-18/h4-9H,1-3H3,(H,27,32)(H,28,31). The molecular formula is C21H17BrClF2N5O4. The van der Waals surface area contributed by atoms with Crippen LogP contribution in [-0.2, 0) is 0 Å². The van der Waals surface area contributed by atoms with Gasteiger partial charge in [0, 0.05) is 18.3 Å². The molecule has 1 aliphatic heterocycles. The number of benzene rings is 1. The van der Waals surface area contributed by atoms with Crippen LogP contribution in [0, 0.1) is 6.92 Å². The maximum atomic E-state index is 13.8. The fourth-order valence-corrected chi connectivity index (χ4v) is 3.89. The molecule has 178 valence electrons. The van der Waals surface area contributed by atoms with Crippen LogP contribution in [-0.4, -0.2) is 38.9 Å². The summed E-state index contributed by atoms with van der Waals surface area (Å²) in [7, 11) is 0. The number of rotatable bonds is 5. The van der Waals surface area contributed by atoms with Crippen molar-refractivity contribution < 1.29 is 27.8 Å². The third-order valence-corrected chi connectivity index (χ3v) is 5.31. The van der Waals surface area contributed by atoms with Gasteiger partial charge in [-0.2, -0.15) is 5.10 Å². The number of fused-ring (bicyclic) bond motifs is 1. The number of aromatic nitrogens is 3. The minimum absolute atomic E-state index is 0.0186. The van der Waals surface area contributed by atoms with Gasteiger partial charge in [-0.1, -0.05) is 11.6 Å². The van der Waals surface area contributed by atoms with E-state index in [9.17, 15) is 18.4 Å². The van der Waals surface area contributed by atoms with Gasteiger partial charge >= 0.3 is 6.29 Å². The van der Waals surface area contributed by atoms with E-state index in [0.29, 0.717) is 10.2 Å². The van der Waals surface area contributed by atoms with Crippen molar-refractivity contribution in [2.45, 2.75) is 33.1 Å². The minimum atomic E-state index is -3.95. The number of hydrogen-bond donors (Lipinski definition) is 2. The topological polar surface area (TPSA) is 107 Å². The second kappa shape index (κ2) is 8.84. The number of hydrogen-bond acceptors (Lipinski definition) is 6. The van der Waals surface area contributed by atoms with Crippen molar-refractivity contribution in [1.29, 1.82) is 0 Å². The van der Waals surface area contributed by atoms with Crippen molar-refractivity contribution in [3.05, 3.63) is 56.9 Å². The van der Waals surface area contributed by atoms with Gasteiger partial charge in [-0.15, -0.1) is 8.78 Å².